The molecule has 1 rings (SSSR count). The van der Waals surface area contributed by atoms with E-state index in [-0.39, 0.29) is 0 Å². The zero-order valence-electron chi connectivity index (χ0n) is 11.6. The number of benzene rings is 1. The van der Waals surface area contributed by atoms with Gasteiger partial charge < -0.3 is 10.1 Å². The smallest absolute Gasteiger partial charge is 0.118 e. The van der Waals surface area contributed by atoms with E-state index in [1.807, 2.05) is 23.9 Å². The number of nitrogens with one attached hydrogen (secondary N) is 1. The quantitative estimate of drug-likeness (QED) is 0.512. The van der Waals surface area contributed by atoms with Crippen molar-refractivity contribution in [2.75, 3.05) is 26.0 Å². The third-order valence-corrected chi connectivity index (χ3v) is 3.83. The highest BCUT2D eigenvalue weighted by molar-refractivity contribution is 7.99. The minimum absolute atomic E-state index is 0.924. The Morgan fingerprint density at radius 1 is 1.06 bits per heavy atom. The van der Waals surface area contributed by atoms with E-state index in [9.17, 15) is 0 Å². The van der Waals surface area contributed by atoms with E-state index in [2.05, 4.69) is 24.4 Å². The van der Waals surface area contributed by atoms with Crippen LogP contribution in [-0.4, -0.2) is 26.0 Å². The number of thioether (sulfide) groups is 1. The van der Waals surface area contributed by atoms with E-state index in [0.29, 0.717) is 0 Å². The first kappa shape index (κ1) is 15.4. The molecule has 18 heavy (non-hydrogen) atoms. The van der Waals surface area contributed by atoms with Gasteiger partial charge >= 0.3 is 0 Å². The predicted octanol–water partition coefficient (Wildman–Crippen LogP) is 3.96. The van der Waals surface area contributed by atoms with Crippen molar-refractivity contribution in [1.29, 1.82) is 0 Å². The van der Waals surface area contributed by atoms with Crippen LogP contribution in [0, 0.1) is 0 Å². The zero-order chi connectivity index (χ0) is 13.1. The number of ether oxygens (including phenoxy) is 1. The molecule has 1 N–H and O–H groups in total. The molecule has 0 aromatic heterocycles. The molecule has 0 aliphatic carbocycles. The first-order valence-electron chi connectivity index (χ1n) is 6.84. The van der Waals surface area contributed by atoms with Crippen molar-refractivity contribution in [2.24, 2.45) is 0 Å². The average Bonchev–Trinajstić information content (AvgIpc) is 2.42. The highest BCUT2D eigenvalue weighted by Crippen LogP contribution is 2.20. The Hall–Kier alpha value is -0.670. The normalized spacial score (nSPS) is 10.6. The predicted molar refractivity (Wildman–Crippen MR) is 80.7 cm³/mol. The minimum atomic E-state index is 0.924. The summed E-state index contributed by atoms with van der Waals surface area (Å²) in [7, 11) is 1.70. The number of methoxy groups -OCH3 is 1. The fourth-order valence-corrected chi connectivity index (χ4v) is 2.53. The van der Waals surface area contributed by atoms with Gasteiger partial charge in [0.15, 0.2) is 0 Å². The SMILES string of the molecule is CCCCCCNCCSc1ccc(OC)cc1. The van der Waals surface area contributed by atoms with Crippen molar-refractivity contribution in [3.63, 3.8) is 0 Å². The molecule has 0 fully saturated rings. The van der Waals surface area contributed by atoms with E-state index in [0.717, 1.165) is 24.6 Å². The van der Waals surface area contributed by atoms with Crippen molar-refractivity contribution < 1.29 is 4.74 Å². The summed E-state index contributed by atoms with van der Waals surface area (Å²) in [5.41, 5.74) is 0. The van der Waals surface area contributed by atoms with Crippen LogP contribution in [-0.2, 0) is 0 Å². The van der Waals surface area contributed by atoms with Crippen molar-refractivity contribution >= 4 is 11.8 Å². The highest BCUT2D eigenvalue weighted by Gasteiger charge is 1.95. The molecule has 3 heteroatoms. The zero-order valence-corrected chi connectivity index (χ0v) is 12.4. The summed E-state index contributed by atoms with van der Waals surface area (Å²) in [5.74, 6) is 2.05. The van der Waals surface area contributed by atoms with E-state index in [4.69, 9.17) is 4.74 Å². The van der Waals surface area contributed by atoms with Crippen molar-refractivity contribution in [3.8, 4) is 5.75 Å². The Labute approximate surface area is 116 Å². The van der Waals surface area contributed by atoms with Crippen molar-refractivity contribution in [3.05, 3.63) is 24.3 Å². The molecule has 0 spiro atoms. The standard InChI is InChI=1S/C15H25NOS/c1-3-4-5-6-11-16-12-13-18-15-9-7-14(17-2)8-10-15/h7-10,16H,3-6,11-13H2,1-2H3. The number of unbranched alkanes of at least 4 members (excludes halogenated alkanes) is 3. The molecule has 1 aromatic carbocycles. The molecular formula is C15H25NOS. The Kier molecular flexibility index (Phi) is 8.78. The Balaban J connectivity index is 2.00. The van der Waals surface area contributed by atoms with Gasteiger partial charge in [-0.05, 0) is 37.2 Å². The van der Waals surface area contributed by atoms with Crippen molar-refractivity contribution in [1.82, 2.24) is 5.32 Å². The molecule has 0 saturated heterocycles. The molecule has 1 aromatic rings. The number of hydrogen-bond donors (Lipinski definition) is 1. The summed E-state index contributed by atoms with van der Waals surface area (Å²) in [6, 6.07) is 8.26. The molecule has 2 nitrogen and oxygen atoms in total. The molecule has 0 amide bonds. The minimum Gasteiger partial charge on any atom is -0.497 e. The lowest BCUT2D eigenvalue weighted by Crippen LogP contribution is -2.18. The summed E-state index contributed by atoms with van der Waals surface area (Å²) in [6.07, 6.45) is 5.34. The van der Waals surface area contributed by atoms with Crippen LogP contribution in [0.4, 0.5) is 0 Å². The van der Waals surface area contributed by atoms with Gasteiger partial charge in [0.1, 0.15) is 5.75 Å². The van der Waals surface area contributed by atoms with Gasteiger partial charge in [-0.1, -0.05) is 26.2 Å². The van der Waals surface area contributed by atoms with Gasteiger partial charge in [-0.25, -0.2) is 0 Å². The van der Waals surface area contributed by atoms with Crippen LogP contribution >= 0.6 is 11.8 Å². The van der Waals surface area contributed by atoms with Gasteiger partial charge in [-0.3, -0.25) is 0 Å². The third-order valence-electron chi connectivity index (χ3n) is 2.81. The Morgan fingerprint density at radius 2 is 1.83 bits per heavy atom. The van der Waals surface area contributed by atoms with Crippen molar-refractivity contribution in [2.45, 2.75) is 37.5 Å². The molecule has 0 heterocycles. The van der Waals surface area contributed by atoms with E-state index >= 15 is 0 Å². The van der Waals surface area contributed by atoms with Gasteiger partial charge in [0.2, 0.25) is 0 Å². The summed E-state index contributed by atoms with van der Waals surface area (Å²) >= 11 is 1.89. The largest absolute Gasteiger partial charge is 0.497 e. The third kappa shape index (κ3) is 6.92. The number of hydrogen-bond acceptors (Lipinski definition) is 3. The second kappa shape index (κ2) is 10.3. The second-order valence-electron chi connectivity index (χ2n) is 4.33. The number of rotatable bonds is 10. The molecule has 0 aliphatic heterocycles. The van der Waals surface area contributed by atoms with E-state index in [1.54, 1.807) is 7.11 Å². The van der Waals surface area contributed by atoms with E-state index < -0.39 is 0 Å². The van der Waals surface area contributed by atoms with Gasteiger partial charge in [-0.15, -0.1) is 11.8 Å². The van der Waals surface area contributed by atoms with Crippen LogP contribution in [0.2, 0.25) is 0 Å². The molecule has 0 saturated carbocycles. The van der Waals surface area contributed by atoms with Crippen LogP contribution in [0.15, 0.2) is 29.2 Å². The Morgan fingerprint density at radius 3 is 2.50 bits per heavy atom. The van der Waals surface area contributed by atoms with Gasteiger partial charge in [0, 0.05) is 17.2 Å². The fourth-order valence-electron chi connectivity index (χ4n) is 1.71. The molecule has 0 atom stereocenters. The van der Waals surface area contributed by atoms with Gasteiger partial charge in [-0.2, -0.15) is 0 Å². The maximum absolute atomic E-state index is 5.14. The van der Waals surface area contributed by atoms with Gasteiger partial charge in [0.05, 0.1) is 7.11 Å². The maximum Gasteiger partial charge on any atom is 0.118 e. The van der Waals surface area contributed by atoms with Crippen LogP contribution in [0.25, 0.3) is 0 Å². The summed E-state index contributed by atoms with van der Waals surface area (Å²) in [4.78, 5) is 1.31. The summed E-state index contributed by atoms with van der Waals surface area (Å²) < 4.78 is 5.14. The lowest BCUT2D eigenvalue weighted by Gasteiger charge is -2.05. The monoisotopic (exact) mass is 267 g/mol. The first-order chi connectivity index (χ1) is 8.86. The molecule has 0 unspecified atom stereocenters. The highest BCUT2D eigenvalue weighted by atomic mass is 32.2. The summed E-state index contributed by atoms with van der Waals surface area (Å²) in [5, 5.41) is 3.49. The Bertz CT molecular complexity index is 300. The van der Waals surface area contributed by atoms with Gasteiger partial charge in [0.25, 0.3) is 0 Å². The lowest BCUT2D eigenvalue weighted by atomic mass is 10.2. The van der Waals surface area contributed by atoms with Crippen LogP contribution < -0.4 is 10.1 Å². The van der Waals surface area contributed by atoms with E-state index in [1.165, 1.54) is 30.6 Å². The summed E-state index contributed by atoms with van der Waals surface area (Å²) in [6.45, 7) is 4.49. The first-order valence-corrected chi connectivity index (χ1v) is 7.83. The second-order valence-corrected chi connectivity index (χ2v) is 5.50. The maximum atomic E-state index is 5.14. The molecule has 102 valence electrons. The molecular weight excluding hydrogens is 242 g/mol. The fraction of sp³-hybridized carbons (Fsp3) is 0.600. The molecule has 0 radical (unpaired) electrons. The van der Waals surface area contributed by atoms with Crippen LogP contribution in [0.1, 0.15) is 32.6 Å². The molecule has 0 aliphatic rings. The molecule has 0 bridgehead atoms. The van der Waals surface area contributed by atoms with Crippen LogP contribution in [0.5, 0.6) is 5.75 Å². The lowest BCUT2D eigenvalue weighted by molar-refractivity contribution is 0.414. The van der Waals surface area contributed by atoms with Crippen LogP contribution in [0.3, 0.4) is 0 Å². The average molecular weight is 267 g/mol. The topological polar surface area (TPSA) is 21.3 Å².